The van der Waals surface area contributed by atoms with Gasteiger partial charge in [-0.2, -0.15) is 8.78 Å². The first-order chi connectivity index (χ1) is 11.5. The molecule has 130 valence electrons. The number of rotatable bonds is 5. The Morgan fingerprint density at radius 3 is 2.58 bits per heavy atom. The van der Waals surface area contributed by atoms with Crippen LogP contribution >= 0.6 is 11.8 Å². The lowest BCUT2D eigenvalue weighted by Gasteiger charge is -2.31. The van der Waals surface area contributed by atoms with E-state index >= 15 is 0 Å². The van der Waals surface area contributed by atoms with E-state index in [0.717, 1.165) is 0 Å². The molecule has 1 aromatic rings. The van der Waals surface area contributed by atoms with Gasteiger partial charge in [0.15, 0.2) is 0 Å². The van der Waals surface area contributed by atoms with Crippen LogP contribution in [0.4, 0.5) is 14.5 Å². The first-order valence-corrected chi connectivity index (χ1v) is 7.65. The molecule has 2 rings (SSSR count). The summed E-state index contributed by atoms with van der Waals surface area (Å²) in [6.45, 7) is -0.146. The highest BCUT2D eigenvalue weighted by Crippen LogP contribution is 2.32. The van der Waals surface area contributed by atoms with Gasteiger partial charge in [-0.25, -0.2) is 9.59 Å². The van der Waals surface area contributed by atoms with E-state index in [1.807, 2.05) is 0 Å². The lowest BCUT2D eigenvalue weighted by Crippen LogP contribution is -2.38. The second-order valence-electron chi connectivity index (χ2n) is 4.59. The van der Waals surface area contributed by atoms with E-state index in [4.69, 9.17) is 9.47 Å². The highest BCUT2D eigenvalue weighted by molar-refractivity contribution is 7.99. The smallest absolute Gasteiger partial charge is 0.355 e. The van der Waals surface area contributed by atoms with E-state index in [-0.39, 0.29) is 24.6 Å². The van der Waals surface area contributed by atoms with Crippen LogP contribution in [0.5, 0.6) is 0 Å². The monoisotopic (exact) mass is 359 g/mol. The average molecular weight is 359 g/mol. The maximum absolute atomic E-state index is 12.5. The van der Waals surface area contributed by atoms with Gasteiger partial charge < -0.3 is 19.1 Å². The first kappa shape index (κ1) is 18.2. The molecule has 0 unspecified atom stereocenters. The molecule has 0 spiro atoms. The summed E-state index contributed by atoms with van der Waals surface area (Å²) in [5, 5.41) is 0. The fourth-order valence-corrected chi connectivity index (χ4v) is 2.73. The van der Waals surface area contributed by atoms with Gasteiger partial charge in [0.2, 0.25) is 0 Å². The maximum atomic E-state index is 12.5. The van der Waals surface area contributed by atoms with E-state index in [1.54, 1.807) is 12.1 Å². The van der Waals surface area contributed by atoms with Crippen molar-refractivity contribution in [3.8, 4) is 0 Å². The molecule has 1 aromatic carbocycles. The van der Waals surface area contributed by atoms with Crippen LogP contribution in [0.2, 0.25) is 0 Å². The number of anilines is 1. The van der Waals surface area contributed by atoms with E-state index in [9.17, 15) is 18.4 Å². The Hall–Kier alpha value is -2.13. The zero-order valence-electron chi connectivity index (χ0n) is 13.0. The Morgan fingerprint density at radius 2 is 1.96 bits per heavy atom. The van der Waals surface area contributed by atoms with Crippen molar-refractivity contribution in [1.29, 1.82) is 0 Å². The van der Waals surface area contributed by atoms with Gasteiger partial charge >= 0.3 is 11.9 Å². The minimum absolute atomic E-state index is 0.00233. The minimum atomic E-state index is -2.57. The average Bonchev–Trinajstić information content (AvgIpc) is 2.59. The number of carbonyl (C=O) groups excluding carboxylic acids is 2. The van der Waals surface area contributed by atoms with Crippen LogP contribution < -0.4 is 4.90 Å². The number of halogens is 2. The molecule has 0 radical (unpaired) electrons. The molecule has 24 heavy (non-hydrogen) atoms. The number of thioether (sulfide) groups is 1. The number of ether oxygens (including phenoxy) is 3. The number of methoxy groups -OCH3 is 2. The standard InChI is InChI=1S/C15H15F2NO5S/c1-21-13(19)11-7-23-8-18(12(11)14(20)22-2)9-4-3-5-10(6-9)24-15(16)17/h3-6,15H,7-8H2,1-2H3. The van der Waals surface area contributed by atoms with Gasteiger partial charge in [0.1, 0.15) is 12.4 Å². The molecule has 0 N–H and O–H groups in total. The molecule has 0 aromatic heterocycles. The fraction of sp³-hybridized carbons (Fsp3) is 0.333. The summed E-state index contributed by atoms with van der Waals surface area (Å²) < 4.78 is 39.8. The SMILES string of the molecule is COC(=O)C1=C(C(=O)OC)N(c2cccc(SC(F)F)c2)COC1. The molecule has 1 aliphatic heterocycles. The molecule has 0 fully saturated rings. The third kappa shape index (κ3) is 4.04. The molecular weight excluding hydrogens is 344 g/mol. The Bertz CT molecular complexity index is 665. The van der Waals surface area contributed by atoms with Gasteiger partial charge in [-0.1, -0.05) is 17.8 Å². The van der Waals surface area contributed by atoms with Crippen molar-refractivity contribution in [3.63, 3.8) is 0 Å². The number of alkyl halides is 2. The molecule has 1 aliphatic rings. The summed E-state index contributed by atoms with van der Waals surface area (Å²) in [6.07, 6.45) is 0. The molecule has 0 saturated heterocycles. The summed E-state index contributed by atoms with van der Waals surface area (Å²) in [5.74, 6) is -4.04. The number of carbonyl (C=O) groups is 2. The minimum Gasteiger partial charge on any atom is -0.466 e. The van der Waals surface area contributed by atoms with E-state index in [1.165, 1.54) is 31.3 Å². The normalized spacial score (nSPS) is 14.8. The topological polar surface area (TPSA) is 65.1 Å². The maximum Gasteiger partial charge on any atom is 0.355 e. The van der Waals surface area contributed by atoms with Gasteiger partial charge in [0, 0.05) is 10.6 Å². The first-order valence-electron chi connectivity index (χ1n) is 6.77. The second kappa shape index (κ2) is 8.11. The van der Waals surface area contributed by atoms with Crippen LogP contribution in [0.1, 0.15) is 0 Å². The predicted octanol–water partition coefficient (Wildman–Crippen LogP) is 2.40. The number of hydrogen-bond acceptors (Lipinski definition) is 7. The van der Waals surface area contributed by atoms with Gasteiger partial charge in [-0.15, -0.1) is 0 Å². The molecule has 0 atom stereocenters. The molecule has 0 aliphatic carbocycles. The highest BCUT2D eigenvalue weighted by atomic mass is 32.2. The molecule has 6 nitrogen and oxygen atoms in total. The zero-order valence-corrected chi connectivity index (χ0v) is 13.8. The Kier molecular flexibility index (Phi) is 6.16. The van der Waals surface area contributed by atoms with Crippen molar-refractivity contribution >= 4 is 29.4 Å². The molecule has 9 heteroatoms. The highest BCUT2D eigenvalue weighted by Gasteiger charge is 2.32. The van der Waals surface area contributed by atoms with E-state index < -0.39 is 17.7 Å². The van der Waals surface area contributed by atoms with Crippen molar-refractivity contribution in [2.75, 3.05) is 32.5 Å². The number of esters is 2. The summed E-state index contributed by atoms with van der Waals surface area (Å²) >= 11 is 0.379. The largest absolute Gasteiger partial charge is 0.466 e. The third-order valence-corrected chi connectivity index (χ3v) is 3.89. The van der Waals surface area contributed by atoms with Crippen LogP contribution in [-0.4, -0.2) is 45.3 Å². The third-order valence-electron chi connectivity index (χ3n) is 3.19. The van der Waals surface area contributed by atoms with E-state index in [0.29, 0.717) is 22.3 Å². The van der Waals surface area contributed by atoms with Crippen LogP contribution in [0.3, 0.4) is 0 Å². The quantitative estimate of drug-likeness (QED) is 0.591. The summed E-state index contributed by atoms with van der Waals surface area (Å²) in [6, 6.07) is 6.18. The van der Waals surface area contributed by atoms with Crippen LogP contribution in [-0.2, 0) is 23.8 Å². The molecule has 0 bridgehead atoms. The number of benzene rings is 1. The van der Waals surface area contributed by atoms with Crippen molar-refractivity contribution in [3.05, 3.63) is 35.5 Å². The van der Waals surface area contributed by atoms with Crippen LogP contribution in [0.15, 0.2) is 40.4 Å². The molecular formula is C15H15F2NO5S. The number of hydrogen-bond donors (Lipinski definition) is 0. The lowest BCUT2D eigenvalue weighted by molar-refractivity contribution is -0.140. The van der Waals surface area contributed by atoms with Gasteiger partial charge in [-0.05, 0) is 18.2 Å². The van der Waals surface area contributed by atoms with Crippen molar-refractivity contribution in [2.24, 2.45) is 0 Å². The Morgan fingerprint density at radius 1 is 1.25 bits per heavy atom. The number of nitrogens with zero attached hydrogens (tertiary/aromatic N) is 1. The van der Waals surface area contributed by atoms with Crippen LogP contribution in [0, 0.1) is 0 Å². The van der Waals surface area contributed by atoms with Crippen molar-refractivity contribution < 1.29 is 32.6 Å². The van der Waals surface area contributed by atoms with Gasteiger partial charge in [0.05, 0.1) is 26.4 Å². The molecule has 0 saturated carbocycles. The summed E-state index contributed by atoms with van der Waals surface area (Å²) in [4.78, 5) is 25.7. The molecule has 1 heterocycles. The molecule has 0 amide bonds. The Balaban J connectivity index is 2.47. The van der Waals surface area contributed by atoms with Crippen LogP contribution in [0.25, 0.3) is 0 Å². The Labute approximate surface area is 141 Å². The lowest BCUT2D eigenvalue weighted by atomic mass is 10.1. The van der Waals surface area contributed by atoms with Crippen molar-refractivity contribution in [1.82, 2.24) is 0 Å². The van der Waals surface area contributed by atoms with Gasteiger partial charge in [0.25, 0.3) is 5.76 Å². The van der Waals surface area contributed by atoms with E-state index in [2.05, 4.69) is 4.74 Å². The summed E-state index contributed by atoms with van der Waals surface area (Å²) in [5.41, 5.74) is 0.388. The zero-order chi connectivity index (χ0) is 17.7. The predicted molar refractivity (Wildman–Crippen MR) is 82.7 cm³/mol. The fourth-order valence-electron chi connectivity index (χ4n) is 2.17. The van der Waals surface area contributed by atoms with Gasteiger partial charge in [-0.3, -0.25) is 0 Å². The van der Waals surface area contributed by atoms with Crippen molar-refractivity contribution in [2.45, 2.75) is 10.7 Å². The summed E-state index contributed by atoms with van der Waals surface area (Å²) in [7, 11) is 2.37. The second-order valence-corrected chi connectivity index (χ2v) is 5.66.